The number of carboxylic acids is 1. The molecule has 0 aliphatic carbocycles. The monoisotopic (exact) mass is 307 g/mol. The Kier molecular flexibility index (Phi) is 9.13. The lowest BCUT2D eigenvalue weighted by Gasteiger charge is -2.16. The van der Waals surface area contributed by atoms with Gasteiger partial charge in [0.1, 0.15) is 12.6 Å². The highest BCUT2D eigenvalue weighted by Crippen LogP contribution is 1.97. The Hall–Kier alpha value is -1.81. The molecule has 0 saturated carbocycles. The summed E-state index contributed by atoms with van der Waals surface area (Å²) in [7, 11) is 0. The number of thiol groups is 1. The maximum atomic E-state index is 11.5. The summed E-state index contributed by atoms with van der Waals surface area (Å²) in [5, 5.41) is 12.9. The van der Waals surface area contributed by atoms with Crippen LogP contribution in [0.1, 0.15) is 12.8 Å². The highest BCUT2D eigenvalue weighted by molar-refractivity contribution is 7.80. The average molecular weight is 307 g/mol. The number of aliphatic carboxylic acids is 1. The van der Waals surface area contributed by atoms with Crippen LogP contribution in [-0.4, -0.2) is 53.9 Å². The van der Waals surface area contributed by atoms with E-state index < -0.39 is 36.6 Å². The molecule has 114 valence electrons. The molecule has 0 aliphatic rings. The van der Waals surface area contributed by atoms with Gasteiger partial charge < -0.3 is 20.5 Å². The van der Waals surface area contributed by atoms with Crippen molar-refractivity contribution in [2.45, 2.75) is 25.1 Å². The third-order valence-corrected chi connectivity index (χ3v) is 2.50. The Morgan fingerprint density at radius 1 is 1.40 bits per heavy atom. The topological polar surface area (TPSA) is 148 Å². The van der Waals surface area contributed by atoms with E-state index in [0.717, 1.165) is 0 Å². The molecule has 0 radical (unpaired) electrons. The van der Waals surface area contributed by atoms with Crippen molar-refractivity contribution >= 4 is 36.9 Å². The Bertz CT molecular complexity index is 365. The summed E-state index contributed by atoms with van der Waals surface area (Å²) in [5.41, 5.74) is 5.34. The van der Waals surface area contributed by atoms with Crippen LogP contribution in [0.5, 0.6) is 0 Å². The third-order valence-electron chi connectivity index (χ3n) is 2.13. The van der Waals surface area contributed by atoms with Crippen LogP contribution in [0.25, 0.3) is 0 Å². The van der Waals surface area contributed by atoms with E-state index in [0.29, 0.717) is 0 Å². The molecule has 0 aromatic rings. The quantitative estimate of drug-likeness (QED) is 0.175. The molecule has 5 N–H and O–H groups in total. The Morgan fingerprint density at radius 2 is 2.05 bits per heavy atom. The van der Waals surface area contributed by atoms with Crippen molar-refractivity contribution in [2.24, 2.45) is 5.73 Å². The second-order valence-corrected chi connectivity index (χ2v) is 4.09. The number of rotatable bonds is 10. The number of nitrogens with two attached hydrogens (primary N) is 1. The first-order valence-electron chi connectivity index (χ1n) is 5.65. The number of carbonyl (C=O) groups excluding carboxylic acids is 3. The fourth-order valence-corrected chi connectivity index (χ4v) is 1.42. The van der Waals surface area contributed by atoms with Crippen LogP contribution >= 0.6 is 12.6 Å². The normalized spacial score (nSPS) is 12.9. The molecule has 0 rings (SSSR count). The van der Waals surface area contributed by atoms with Gasteiger partial charge in [0.05, 0.1) is 0 Å². The molecular formula is C10H17N3O6S. The van der Waals surface area contributed by atoms with E-state index in [1.165, 1.54) is 0 Å². The van der Waals surface area contributed by atoms with Crippen LogP contribution in [-0.2, 0) is 23.9 Å². The minimum absolute atomic E-state index is 0.00802. The van der Waals surface area contributed by atoms with Gasteiger partial charge in [-0.3, -0.25) is 24.9 Å². The van der Waals surface area contributed by atoms with E-state index in [2.05, 4.69) is 28.0 Å². The molecular weight excluding hydrogens is 290 g/mol. The van der Waals surface area contributed by atoms with Crippen molar-refractivity contribution in [3.63, 3.8) is 0 Å². The van der Waals surface area contributed by atoms with Gasteiger partial charge in [0, 0.05) is 18.6 Å². The molecule has 0 aromatic heterocycles. The van der Waals surface area contributed by atoms with Crippen LogP contribution in [0.15, 0.2) is 0 Å². The van der Waals surface area contributed by atoms with Crippen molar-refractivity contribution in [1.82, 2.24) is 10.6 Å². The summed E-state index contributed by atoms with van der Waals surface area (Å²) in [6, 6.07) is -0.951. The smallest absolute Gasteiger partial charge is 0.322 e. The van der Waals surface area contributed by atoms with Crippen LogP contribution in [0, 0.1) is 0 Å². The number of nitrogens with one attached hydrogen (secondary N) is 2. The summed E-state index contributed by atoms with van der Waals surface area (Å²) in [4.78, 5) is 43.3. The molecule has 0 heterocycles. The third kappa shape index (κ3) is 8.32. The molecule has 0 spiro atoms. The lowest BCUT2D eigenvalue weighted by Crippen LogP contribution is -2.49. The summed E-state index contributed by atoms with van der Waals surface area (Å²) in [6.07, 6.45) is -0.847. The van der Waals surface area contributed by atoms with E-state index in [4.69, 9.17) is 10.8 Å². The zero-order valence-corrected chi connectivity index (χ0v) is 11.5. The largest absolute Gasteiger partial charge is 0.480 e. The molecule has 0 bridgehead atoms. The Balaban J connectivity index is 4.14. The number of carbonyl (C=O) groups is 4. The average Bonchev–Trinajstić information content (AvgIpc) is 2.40. The predicted octanol–water partition coefficient (Wildman–Crippen LogP) is -2.16. The lowest BCUT2D eigenvalue weighted by atomic mass is 10.2. The van der Waals surface area contributed by atoms with E-state index in [-0.39, 0.29) is 25.1 Å². The number of amides is 2. The van der Waals surface area contributed by atoms with Crippen molar-refractivity contribution < 1.29 is 29.0 Å². The van der Waals surface area contributed by atoms with Gasteiger partial charge in [-0.15, -0.1) is 0 Å². The fourth-order valence-electron chi connectivity index (χ4n) is 1.16. The van der Waals surface area contributed by atoms with Gasteiger partial charge in [0.2, 0.25) is 11.8 Å². The maximum Gasteiger partial charge on any atom is 0.322 e. The van der Waals surface area contributed by atoms with E-state index in [1.54, 1.807) is 0 Å². The van der Waals surface area contributed by atoms with Gasteiger partial charge in [-0.05, 0) is 0 Å². The molecule has 0 fully saturated rings. The Labute approximate surface area is 120 Å². The van der Waals surface area contributed by atoms with E-state index in [1.807, 2.05) is 0 Å². The minimum Gasteiger partial charge on any atom is -0.480 e. The number of hydrogen-bond donors (Lipinski definition) is 5. The first-order chi connectivity index (χ1) is 9.40. The van der Waals surface area contributed by atoms with Crippen molar-refractivity contribution in [3.8, 4) is 0 Å². The second-order valence-electron chi connectivity index (χ2n) is 3.72. The van der Waals surface area contributed by atoms with Gasteiger partial charge in [-0.25, -0.2) is 0 Å². The predicted molar refractivity (Wildman–Crippen MR) is 70.8 cm³/mol. The summed E-state index contributed by atoms with van der Waals surface area (Å²) in [5.74, 6) is -2.32. The first-order valence-corrected chi connectivity index (χ1v) is 6.28. The molecule has 20 heavy (non-hydrogen) atoms. The second kappa shape index (κ2) is 10.0. The van der Waals surface area contributed by atoms with Crippen LogP contribution < -0.4 is 16.4 Å². The van der Waals surface area contributed by atoms with Gasteiger partial charge in [-0.2, -0.15) is 12.6 Å². The van der Waals surface area contributed by atoms with Gasteiger partial charge in [-0.1, -0.05) is 0 Å². The van der Waals surface area contributed by atoms with Gasteiger partial charge in [0.15, 0.2) is 6.23 Å². The SMILES string of the molecule is NC(CCC(=O)NC(CS)C(=O)NCC(=O)O)OC=O. The highest BCUT2D eigenvalue weighted by Gasteiger charge is 2.20. The molecule has 0 aliphatic heterocycles. The van der Waals surface area contributed by atoms with E-state index in [9.17, 15) is 19.2 Å². The molecule has 2 atom stereocenters. The zero-order valence-electron chi connectivity index (χ0n) is 10.6. The molecule has 0 aromatic carbocycles. The maximum absolute atomic E-state index is 11.5. The fraction of sp³-hybridized carbons (Fsp3) is 0.600. The van der Waals surface area contributed by atoms with Crippen molar-refractivity contribution in [2.75, 3.05) is 12.3 Å². The summed E-state index contributed by atoms with van der Waals surface area (Å²) >= 11 is 3.90. The molecule has 2 amide bonds. The standard InChI is InChI=1S/C10H17N3O6S/c11-7(19-5-14)1-2-8(15)13-6(4-20)10(18)12-3-9(16)17/h5-7,20H,1-4,11H2,(H,12,18)(H,13,15)(H,16,17). The van der Waals surface area contributed by atoms with Crippen molar-refractivity contribution in [1.29, 1.82) is 0 Å². The minimum atomic E-state index is -1.19. The first kappa shape index (κ1) is 18.2. The highest BCUT2D eigenvalue weighted by atomic mass is 32.1. The molecule has 9 nitrogen and oxygen atoms in total. The number of carboxylic acid groups (broad SMARTS) is 1. The van der Waals surface area contributed by atoms with Gasteiger partial charge in [0.25, 0.3) is 6.47 Å². The van der Waals surface area contributed by atoms with Crippen LogP contribution in [0.2, 0.25) is 0 Å². The number of hydrogen-bond acceptors (Lipinski definition) is 7. The summed E-state index contributed by atoms with van der Waals surface area (Å²) < 4.78 is 4.39. The summed E-state index contributed by atoms with van der Waals surface area (Å²) in [6.45, 7) is -0.366. The van der Waals surface area contributed by atoms with Crippen LogP contribution in [0.3, 0.4) is 0 Å². The number of ether oxygens (including phenoxy) is 1. The van der Waals surface area contributed by atoms with E-state index >= 15 is 0 Å². The van der Waals surface area contributed by atoms with Crippen molar-refractivity contribution in [3.05, 3.63) is 0 Å². The van der Waals surface area contributed by atoms with Gasteiger partial charge >= 0.3 is 5.97 Å². The molecule has 2 unspecified atom stereocenters. The lowest BCUT2D eigenvalue weighted by molar-refractivity contribution is -0.138. The Morgan fingerprint density at radius 3 is 2.55 bits per heavy atom. The molecule has 10 heteroatoms. The zero-order chi connectivity index (χ0) is 15.5. The van der Waals surface area contributed by atoms with Crippen LogP contribution in [0.4, 0.5) is 0 Å². The molecule has 0 saturated heterocycles.